The van der Waals surface area contributed by atoms with Gasteiger partial charge < -0.3 is 15.3 Å². The molecule has 1 fully saturated rings. The van der Waals surface area contributed by atoms with E-state index in [2.05, 4.69) is 5.32 Å². The van der Waals surface area contributed by atoms with E-state index in [1.54, 1.807) is 4.90 Å². The lowest BCUT2D eigenvalue weighted by Gasteiger charge is -2.28. The molecule has 0 aromatic rings. The summed E-state index contributed by atoms with van der Waals surface area (Å²) < 4.78 is 0. The molecule has 0 spiro atoms. The maximum Gasteiger partial charge on any atom is 0.407 e. The molecule has 1 aliphatic heterocycles. The van der Waals surface area contributed by atoms with Crippen molar-refractivity contribution in [1.82, 2.24) is 10.2 Å². The highest BCUT2D eigenvalue weighted by Crippen LogP contribution is 2.34. The Morgan fingerprint density at radius 2 is 2.27 bits per heavy atom. The third-order valence-electron chi connectivity index (χ3n) is 3.23. The molecule has 0 bridgehead atoms. The first-order valence-electron chi connectivity index (χ1n) is 5.62. The predicted molar refractivity (Wildman–Crippen MR) is 60.1 cm³/mol. The molecule has 2 N–H and O–H groups in total. The van der Waals surface area contributed by atoms with E-state index < -0.39 is 6.09 Å². The second-order valence-corrected chi connectivity index (χ2v) is 5.02. The lowest BCUT2D eigenvalue weighted by atomic mass is 9.93. The van der Waals surface area contributed by atoms with Gasteiger partial charge in [0, 0.05) is 12.1 Å². The molecule has 1 heterocycles. The van der Waals surface area contributed by atoms with Crippen LogP contribution in [0, 0.1) is 5.92 Å². The van der Waals surface area contributed by atoms with Crippen molar-refractivity contribution >= 4 is 6.09 Å². The van der Waals surface area contributed by atoms with Gasteiger partial charge in [-0.2, -0.15) is 0 Å². The third kappa shape index (κ3) is 3.09. The van der Waals surface area contributed by atoms with Crippen molar-refractivity contribution < 1.29 is 9.90 Å². The Balaban J connectivity index is 2.43. The van der Waals surface area contributed by atoms with Crippen LogP contribution >= 0.6 is 0 Å². The Bertz CT molecular complexity index is 229. The van der Waals surface area contributed by atoms with Crippen LogP contribution in [0.3, 0.4) is 0 Å². The van der Waals surface area contributed by atoms with Gasteiger partial charge in [-0.05, 0) is 52.6 Å². The Morgan fingerprint density at radius 3 is 2.73 bits per heavy atom. The molecule has 4 nitrogen and oxygen atoms in total. The summed E-state index contributed by atoms with van der Waals surface area (Å²) in [5, 5.41) is 12.2. The minimum absolute atomic E-state index is 0.184. The molecule has 0 unspecified atom stereocenters. The van der Waals surface area contributed by atoms with Crippen molar-refractivity contribution in [3.63, 3.8) is 0 Å². The molecule has 1 rings (SSSR count). The van der Waals surface area contributed by atoms with Crippen LogP contribution in [-0.4, -0.2) is 41.8 Å². The summed E-state index contributed by atoms with van der Waals surface area (Å²) in [6.45, 7) is 5.74. The molecule has 1 atom stereocenters. The molecule has 0 radical (unpaired) electrons. The van der Waals surface area contributed by atoms with Crippen molar-refractivity contribution in [2.45, 2.75) is 38.6 Å². The van der Waals surface area contributed by atoms with Crippen LogP contribution in [0.1, 0.15) is 33.1 Å². The second kappa shape index (κ2) is 4.84. The fourth-order valence-corrected chi connectivity index (χ4v) is 2.48. The van der Waals surface area contributed by atoms with Gasteiger partial charge in [0.05, 0.1) is 0 Å². The Kier molecular flexibility index (Phi) is 3.97. The molecule has 1 saturated heterocycles. The fraction of sp³-hybridized carbons (Fsp3) is 0.909. The summed E-state index contributed by atoms with van der Waals surface area (Å²) in [6, 6.07) is 0. The van der Waals surface area contributed by atoms with Gasteiger partial charge in [-0.3, -0.25) is 0 Å². The van der Waals surface area contributed by atoms with Crippen molar-refractivity contribution in [2.75, 3.05) is 20.1 Å². The van der Waals surface area contributed by atoms with E-state index in [9.17, 15) is 4.79 Å². The van der Waals surface area contributed by atoms with Crippen LogP contribution in [0.15, 0.2) is 0 Å². The van der Waals surface area contributed by atoms with Crippen molar-refractivity contribution in [3.05, 3.63) is 0 Å². The van der Waals surface area contributed by atoms with E-state index in [4.69, 9.17) is 5.11 Å². The molecular weight excluding hydrogens is 192 g/mol. The zero-order chi connectivity index (χ0) is 11.5. The number of hydrogen-bond acceptors (Lipinski definition) is 2. The van der Waals surface area contributed by atoms with E-state index in [0.29, 0.717) is 12.5 Å². The molecule has 1 amide bonds. The molecule has 0 aliphatic carbocycles. The van der Waals surface area contributed by atoms with Crippen molar-refractivity contribution in [3.8, 4) is 0 Å². The highest BCUT2D eigenvalue weighted by molar-refractivity contribution is 5.66. The SMILES string of the molecule is CNCCC[C@@H]1CN(C(=O)O)C(C)(C)C1. The number of likely N-dealkylation sites (tertiary alicyclic amines) is 1. The highest BCUT2D eigenvalue weighted by Gasteiger charge is 2.40. The number of carboxylic acid groups (broad SMARTS) is 1. The monoisotopic (exact) mass is 214 g/mol. The number of hydrogen-bond donors (Lipinski definition) is 2. The molecule has 88 valence electrons. The quantitative estimate of drug-likeness (QED) is 0.701. The Morgan fingerprint density at radius 1 is 1.60 bits per heavy atom. The Labute approximate surface area is 91.6 Å². The van der Waals surface area contributed by atoms with Gasteiger partial charge in [0.25, 0.3) is 0 Å². The topological polar surface area (TPSA) is 52.6 Å². The van der Waals surface area contributed by atoms with E-state index in [1.165, 1.54) is 0 Å². The molecular formula is C11H22N2O2. The van der Waals surface area contributed by atoms with Gasteiger partial charge in [0.15, 0.2) is 0 Å². The van der Waals surface area contributed by atoms with Crippen LogP contribution < -0.4 is 5.32 Å². The van der Waals surface area contributed by atoms with E-state index in [1.807, 2.05) is 20.9 Å². The van der Waals surface area contributed by atoms with Crippen LogP contribution in [0.4, 0.5) is 4.79 Å². The van der Waals surface area contributed by atoms with Gasteiger partial charge in [-0.25, -0.2) is 4.79 Å². The fourth-order valence-electron chi connectivity index (χ4n) is 2.48. The van der Waals surface area contributed by atoms with E-state index in [0.717, 1.165) is 25.8 Å². The van der Waals surface area contributed by atoms with Gasteiger partial charge in [-0.1, -0.05) is 0 Å². The van der Waals surface area contributed by atoms with Gasteiger partial charge in [-0.15, -0.1) is 0 Å². The van der Waals surface area contributed by atoms with Gasteiger partial charge in [0.2, 0.25) is 0 Å². The highest BCUT2D eigenvalue weighted by atomic mass is 16.4. The van der Waals surface area contributed by atoms with Crippen molar-refractivity contribution in [2.24, 2.45) is 5.92 Å². The summed E-state index contributed by atoms with van der Waals surface area (Å²) in [4.78, 5) is 12.6. The van der Waals surface area contributed by atoms with Gasteiger partial charge >= 0.3 is 6.09 Å². The molecule has 0 saturated carbocycles. The zero-order valence-electron chi connectivity index (χ0n) is 9.92. The Hall–Kier alpha value is -0.770. The maximum absolute atomic E-state index is 11.0. The van der Waals surface area contributed by atoms with Crippen LogP contribution in [0.2, 0.25) is 0 Å². The summed E-state index contributed by atoms with van der Waals surface area (Å²) >= 11 is 0. The molecule has 0 aromatic carbocycles. The standard InChI is InChI=1S/C11H22N2O2/c1-11(2)7-9(5-4-6-12-3)8-13(11)10(14)15/h9,12H,4-8H2,1-3H3,(H,14,15)/t9-/m0/s1. The average Bonchev–Trinajstić information content (AvgIpc) is 2.41. The summed E-state index contributed by atoms with van der Waals surface area (Å²) in [6.07, 6.45) is 2.46. The van der Waals surface area contributed by atoms with Crippen LogP contribution in [0.25, 0.3) is 0 Å². The normalized spacial score (nSPS) is 24.5. The molecule has 15 heavy (non-hydrogen) atoms. The van der Waals surface area contributed by atoms with E-state index in [-0.39, 0.29) is 5.54 Å². The smallest absolute Gasteiger partial charge is 0.407 e. The first-order valence-corrected chi connectivity index (χ1v) is 5.62. The first-order chi connectivity index (χ1) is 6.97. The summed E-state index contributed by atoms with van der Waals surface area (Å²) in [5.74, 6) is 0.532. The lowest BCUT2D eigenvalue weighted by molar-refractivity contribution is 0.117. The molecule has 0 aromatic heterocycles. The van der Waals surface area contributed by atoms with Gasteiger partial charge in [0.1, 0.15) is 0 Å². The first kappa shape index (κ1) is 12.3. The average molecular weight is 214 g/mol. The summed E-state index contributed by atoms with van der Waals surface area (Å²) in [5.41, 5.74) is -0.184. The van der Waals surface area contributed by atoms with Crippen LogP contribution in [0.5, 0.6) is 0 Å². The molecule has 1 aliphatic rings. The summed E-state index contributed by atoms with van der Waals surface area (Å²) in [7, 11) is 1.95. The lowest BCUT2D eigenvalue weighted by Crippen LogP contribution is -2.41. The number of nitrogens with zero attached hydrogens (tertiary/aromatic N) is 1. The zero-order valence-corrected chi connectivity index (χ0v) is 9.92. The van der Waals surface area contributed by atoms with Crippen molar-refractivity contribution in [1.29, 1.82) is 0 Å². The largest absolute Gasteiger partial charge is 0.465 e. The van der Waals surface area contributed by atoms with Crippen LogP contribution in [-0.2, 0) is 0 Å². The number of nitrogens with one attached hydrogen (secondary N) is 1. The minimum atomic E-state index is -0.781. The second-order valence-electron chi connectivity index (χ2n) is 5.02. The third-order valence-corrected chi connectivity index (χ3v) is 3.23. The number of amides is 1. The van der Waals surface area contributed by atoms with E-state index >= 15 is 0 Å². The molecule has 4 heteroatoms. The maximum atomic E-state index is 11.0. The predicted octanol–water partition coefficient (Wildman–Crippen LogP) is 1.76. The number of rotatable bonds is 4. The number of carbonyl (C=O) groups is 1. The minimum Gasteiger partial charge on any atom is -0.465 e.